The Bertz CT molecular complexity index is 1780. The number of carbonyl (C=O) groups is 2. The topological polar surface area (TPSA) is 98.4 Å². The fourth-order valence-electron chi connectivity index (χ4n) is 5.39. The van der Waals surface area contributed by atoms with Crippen molar-refractivity contribution in [1.82, 2.24) is 9.97 Å². The lowest BCUT2D eigenvalue weighted by molar-refractivity contribution is -0.138. The number of benzene rings is 2. The number of ketones is 1. The number of carbonyl (C=O) groups excluding carboxylic acids is 2. The van der Waals surface area contributed by atoms with Crippen LogP contribution in [0.5, 0.6) is 0 Å². The van der Waals surface area contributed by atoms with Crippen molar-refractivity contribution in [2.24, 2.45) is 5.73 Å². The first-order valence-corrected chi connectivity index (χ1v) is 14.6. The molecule has 0 saturated heterocycles. The Hall–Kier alpha value is -3.79. The normalized spacial score (nSPS) is 17.3. The number of nitrogens with zero attached hydrogens (tertiary/aromatic N) is 3. The zero-order valence-corrected chi connectivity index (χ0v) is 24.1. The minimum absolute atomic E-state index is 0.0319. The van der Waals surface area contributed by atoms with Crippen molar-refractivity contribution in [2.75, 3.05) is 11.5 Å². The van der Waals surface area contributed by atoms with Gasteiger partial charge in [0.05, 0.1) is 29.3 Å². The number of anilines is 1. The fourth-order valence-corrected chi connectivity index (χ4v) is 6.57. The zero-order valence-electron chi connectivity index (χ0n) is 21.8. The molecule has 0 radical (unpaired) electrons. The zero-order chi connectivity index (χ0) is 28.8. The number of nitrogens with two attached hydrogens (primary N) is 1. The van der Waals surface area contributed by atoms with Crippen LogP contribution in [0.25, 0.3) is 22.2 Å². The molecule has 0 spiro atoms. The molecule has 1 aliphatic heterocycles. The first kappa shape index (κ1) is 27.4. The molecule has 0 saturated carbocycles. The highest BCUT2D eigenvalue weighted by Crippen LogP contribution is 2.48. The van der Waals surface area contributed by atoms with Gasteiger partial charge in [0.15, 0.2) is 10.9 Å². The third-order valence-electron chi connectivity index (χ3n) is 7.18. The van der Waals surface area contributed by atoms with Crippen LogP contribution in [0.15, 0.2) is 76.6 Å². The highest BCUT2D eigenvalue weighted by atomic mass is 35.5. The average molecular weight is 610 g/mol. The SMILES string of the molecule is CCOC(=O)C1=C(N)N(c2nc(-c3ccc(Cl)cc3)cs2)C2=C(C(=O)CCC2)C1c1cc2cc(Cl)ccc2nc1F. The molecule has 4 aromatic rings. The Morgan fingerprint density at radius 1 is 1.12 bits per heavy atom. The van der Waals surface area contributed by atoms with E-state index < -0.39 is 17.8 Å². The molecule has 2 N–H and O–H groups in total. The standard InChI is InChI=1S/C30H23Cl2FN4O3S/c1-2-40-29(39)26-24(19-13-16-12-18(32)10-11-20(16)35-27(19)33)25-22(4-3-5-23(25)38)37(28(26)34)30-36-21(14-41-30)15-6-8-17(31)9-7-15/h6-14,24H,2-5,34H2,1H3. The summed E-state index contributed by atoms with van der Waals surface area (Å²) in [4.78, 5) is 37.7. The number of rotatable bonds is 5. The minimum atomic E-state index is -1.11. The second-order valence-corrected chi connectivity index (χ2v) is 11.4. The molecule has 0 fully saturated rings. The molecule has 1 unspecified atom stereocenters. The maximum Gasteiger partial charge on any atom is 0.338 e. The van der Waals surface area contributed by atoms with Crippen LogP contribution in [-0.4, -0.2) is 28.3 Å². The first-order valence-electron chi connectivity index (χ1n) is 13.0. The molecule has 208 valence electrons. The number of aromatic nitrogens is 2. The molecule has 6 rings (SSSR count). The van der Waals surface area contributed by atoms with Gasteiger partial charge in [-0.15, -0.1) is 11.3 Å². The summed E-state index contributed by atoms with van der Waals surface area (Å²) in [5.41, 5.74) is 9.57. The van der Waals surface area contributed by atoms with E-state index in [1.807, 2.05) is 17.5 Å². The van der Waals surface area contributed by atoms with E-state index in [1.165, 1.54) is 11.3 Å². The predicted octanol–water partition coefficient (Wildman–Crippen LogP) is 7.15. The number of halogens is 3. The van der Waals surface area contributed by atoms with E-state index in [0.717, 1.165) is 5.56 Å². The summed E-state index contributed by atoms with van der Waals surface area (Å²) >= 11 is 13.6. The lowest BCUT2D eigenvalue weighted by atomic mass is 9.75. The smallest absolute Gasteiger partial charge is 0.338 e. The van der Waals surface area contributed by atoms with Gasteiger partial charge in [0.2, 0.25) is 5.95 Å². The summed E-state index contributed by atoms with van der Waals surface area (Å²) in [6, 6.07) is 13.7. The molecule has 1 atom stereocenters. The Morgan fingerprint density at radius 3 is 2.63 bits per heavy atom. The van der Waals surface area contributed by atoms with E-state index in [9.17, 15) is 9.59 Å². The largest absolute Gasteiger partial charge is 0.463 e. The number of fused-ring (bicyclic) bond motifs is 1. The molecule has 0 amide bonds. The molecule has 2 aliphatic rings. The van der Waals surface area contributed by atoms with E-state index in [4.69, 9.17) is 38.7 Å². The quantitative estimate of drug-likeness (QED) is 0.190. The number of ether oxygens (including phenoxy) is 1. The van der Waals surface area contributed by atoms with Crippen molar-refractivity contribution in [3.63, 3.8) is 0 Å². The monoisotopic (exact) mass is 608 g/mol. The number of esters is 1. The van der Waals surface area contributed by atoms with Gasteiger partial charge >= 0.3 is 5.97 Å². The van der Waals surface area contributed by atoms with Gasteiger partial charge < -0.3 is 10.5 Å². The third-order valence-corrected chi connectivity index (χ3v) is 8.49. The molecular formula is C30H23Cl2FN4O3S. The van der Waals surface area contributed by atoms with E-state index in [0.29, 0.717) is 55.9 Å². The highest BCUT2D eigenvalue weighted by Gasteiger charge is 2.45. The molecule has 7 nitrogen and oxygen atoms in total. The van der Waals surface area contributed by atoms with Crippen LogP contribution < -0.4 is 10.6 Å². The summed E-state index contributed by atoms with van der Waals surface area (Å²) < 4.78 is 21.2. The molecule has 11 heteroatoms. The van der Waals surface area contributed by atoms with Gasteiger partial charge in [-0.3, -0.25) is 9.69 Å². The van der Waals surface area contributed by atoms with Crippen LogP contribution in [0.2, 0.25) is 10.0 Å². The van der Waals surface area contributed by atoms with Gasteiger partial charge in [0, 0.05) is 49.6 Å². The Labute approximate surface area is 249 Å². The van der Waals surface area contributed by atoms with Gasteiger partial charge in [-0.25, -0.2) is 14.8 Å². The molecule has 2 aromatic heterocycles. The number of hydrogen-bond acceptors (Lipinski definition) is 8. The van der Waals surface area contributed by atoms with Gasteiger partial charge in [-0.1, -0.05) is 35.3 Å². The van der Waals surface area contributed by atoms with Crippen LogP contribution in [0.3, 0.4) is 0 Å². The number of thiazole rings is 1. The number of allylic oxidation sites excluding steroid dienone is 2. The van der Waals surface area contributed by atoms with Crippen molar-refractivity contribution in [3.05, 3.63) is 98.1 Å². The average Bonchev–Trinajstić information content (AvgIpc) is 3.42. The summed E-state index contributed by atoms with van der Waals surface area (Å²) in [5, 5.41) is 3.95. The molecule has 0 bridgehead atoms. The van der Waals surface area contributed by atoms with Crippen molar-refractivity contribution >= 4 is 62.3 Å². The summed E-state index contributed by atoms with van der Waals surface area (Å²) in [7, 11) is 0. The highest BCUT2D eigenvalue weighted by molar-refractivity contribution is 7.14. The molecule has 1 aliphatic carbocycles. The second-order valence-electron chi connectivity index (χ2n) is 9.65. The molecule has 41 heavy (non-hydrogen) atoms. The second kappa shape index (κ2) is 10.9. The fraction of sp³-hybridized carbons (Fsp3) is 0.200. The van der Waals surface area contributed by atoms with Crippen LogP contribution in [0.1, 0.15) is 37.7 Å². The van der Waals surface area contributed by atoms with Gasteiger partial charge in [-0.05, 0) is 56.2 Å². The Balaban J connectivity index is 1.57. The van der Waals surface area contributed by atoms with Crippen molar-refractivity contribution in [1.29, 1.82) is 0 Å². The van der Waals surface area contributed by atoms with Crippen LogP contribution >= 0.6 is 34.5 Å². The number of hydrogen-bond donors (Lipinski definition) is 1. The maximum atomic E-state index is 15.8. The van der Waals surface area contributed by atoms with Crippen molar-refractivity contribution < 1.29 is 18.7 Å². The van der Waals surface area contributed by atoms with E-state index in [-0.39, 0.29) is 35.8 Å². The van der Waals surface area contributed by atoms with E-state index in [2.05, 4.69) is 4.98 Å². The first-order chi connectivity index (χ1) is 19.8. The van der Waals surface area contributed by atoms with Crippen LogP contribution in [-0.2, 0) is 14.3 Å². The number of Topliss-reactive ketones (excluding diaryl/α,β-unsaturated/α-hetero) is 1. The summed E-state index contributed by atoms with van der Waals surface area (Å²) in [5.74, 6) is -2.83. The van der Waals surface area contributed by atoms with Gasteiger partial charge in [0.25, 0.3) is 0 Å². The lowest BCUT2D eigenvalue weighted by Gasteiger charge is -2.39. The van der Waals surface area contributed by atoms with Gasteiger partial charge in [-0.2, -0.15) is 4.39 Å². The third kappa shape index (κ3) is 4.88. The van der Waals surface area contributed by atoms with E-state index in [1.54, 1.807) is 48.2 Å². The molecule has 2 aromatic carbocycles. The minimum Gasteiger partial charge on any atom is -0.463 e. The van der Waals surface area contributed by atoms with Crippen LogP contribution in [0, 0.1) is 5.95 Å². The summed E-state index contributed by atoms with van der Waals surface area (Å²) in [6.07, 6.45) is 1.31. The maximum absolute atomic E-state index is 15.8. The van der Waals surface area contributed by atoms with Crippen molar-refractivity contribution in [2.45, 2.75) is 32.1 Å². The molecular weight excluding hydrogens is 586 g/mol. The number of pyridine rings is 1. The summed E-state index contributed by atoms with van der Waals surface area (Å²) in [6.45, 7) is 1.73. The van der Waals surface area contributed by atoms with Gasteiger partial charge in [0.1, 0.15) is 5.82 Å². The van der Waals surface area contributed by atoms with Crippen molar-refractivity contribution in [3.8, 4) is 11.3 Å². The lowest BCUT2D eigenvalue weighted by Crippen LogP contribution is -2.41. The van der Waals surface area contributed by atoms with Crippen LogP contribution in [0.4, 0.5) is 9.52 Å². The predicted molar refractivity (Wildman–Crippen MR) is 158 cm³/mol. The Kier molecular flexibility index (Phi) is 7.27. The molecule has 3 heterocycles. The van der Waals surface area contributed by atoms with E-state index >= 15 is 4.39 Å². The Morgan fingerprint density at radius 2 is 1.88 bits per heavy atom.